The lowest BCUT2D eigenvalue weighted by atomic mass is 10.1. The first-order chi connectivity index (χ1) is 7.61. The molecular weight excluding hydrogens is 208 g/mol. The van der Waals surface area contributed by atoms with E-state index in [0.717, 1.165) is 6.42 Å². The Balaban J connectivity index is 3.62. The largest absolute Gasteiger partial charge is 0.385 e. The average Bonchev–Trinajstić information content (AvgIpc) is 2.26. The Morgan fingerprint density at radius 2 is 2.06 bits per heavy atom. The summed E-state index contributed by atoms with van der Waals surface area (Å²) in [6, 6.07) is -0.440. The molecule has 16 heavy (non-hydrogen) atoms. The lowest BCUT2D eigenvalue weighted by Crippen LogP contribution is -2.42. The molecule has 0 aliphatic carbocycles. The highest BCUT2D eigenvalue weighted by molar-refractivity contribution is 5.81. The van der Waals surface area contributed by atoms with E-state index >= 15 is 0 Å². The van der Waals surface area contributed by atoms with Gasteiger partial charge in [-0.3, -0.25) is 4.79 Å². The zero-order valence-electron chi connectivity index (χ0n) is 10.5. The van der Waals surface area contributed by atoms with Gasteiger partial charge in [-0.25, -0.2) is 0 Å². The maximum atomic E-state index is 11.5. The number of hydrogen-bond donors (Lipinski definition) is 2. The van der Waals surface area contributed by atoms with Crippen LogP contribution in [0.1, 0.15) is 19.8 Å². The van der Waals surface area contributed by atoms with E-state index in [1.165, 1.54) is 0 Å². The van der Waals surface area contributed by atoms with Crippen molar-refractivity contribution < 1.29 is 14.3 Å². The van der Waals surface area contributed by atoms with Gasteiger partial charge < -0.3 is 20.5 Å². The first-order valence-corrected chi connectivity index (χ1v) is 5.63. The number of rotatable bonds is 9. The second-order valence-corrected chi connectivity index (χ2v) is 4.05. The zero-order valence-corrected chi connectivity index (χ0v) is 10.5. The van der Waals surface area contributed by atoms with E-state index in [4.69, 9.17) is 15.2 Å². The Morgan fingerprint density at radius 1 is 1.38 bits per heavy atom. The van der Waals surface area contributed by atoms with Crippen LogP contribution in [0.15, 0.2) is 0 Å². The molecule has 0 aromatic heterocycles. The molecular formula is C11H24N2O3. The molecule has 0 saturated carbocycles. The van der Waals surface area contributed by atoms with Crippen LogP contribution < -0.4 is 11.1 Å². The Morgan fingerprint density at radius 3 is 2.62 bits per heavy atom. The second kappa shape index (κ2) is 9.57. The highest BCUT2D eigenvalue weighted by Gasteiger charge is 2.13. The van der Waals surface area contributed by atoms with E-state index in [9.17, 15) is 4.79 Å². The third-order valence-electron chi connectivity index (χ3n) is 2.28. The van der Waals surface area contributed by atoms with Crippen molar-refractivity contribution in [3.05, 3.63) is 0 Å². The highest BCUT2D eigenvalue weighted by Crippen LogP contribution is 1.97. The molecule has 0 aliphatic heterocycles. The smallest absolute Gasteiger partial charge is 0.236 e. The molecule has 0 rings (SSSR count). The zero-order chi connectivity index (χ0) is 12.4. The van der Waals surface area contributed by atoms with Gasteiger partial charge >= 0.3 is 0 Å². The van der Waals surface area contributed by atoms with Gasteiger partial charge in [0, 0.05) is 27.4 Å². The van der Waals surface area contributed by atoms with Crippen molar-refractivity contribution in [2.75, 3.05) is 34.0 Å². The molecule has 0 aromatic rings. The monoisotopic (exact) mass is 232 g/mol. The summed E-state index contributed by atoms with van der Waals surface area (Å²) in [7, 11) is 3.28. The molecule has 5 heteroatoms. The number of nitrogens with two attached hydrogens (primary N) is 1. The average molecular weight is 232 g/mol. The Bertz CT molecular complexity index is 188. The van der Waals surface area contributed by atoms with Crippen molar-refractivity contribution in [2.45, 2.75) is 25.8 Å². The quantitative estimate of drug-likeness (QED) is 0.555. The molecule has 1 amide bonds. The maximum absolute atomic E-state index is 11.5. The first kappa shape index (κ1) is 15.3. The predicted molar refractivity (Wildman–Crippen MR) is 63.1 cm³/mol. The van der Waals surface area contributed by atoms with E-state index in [-0.39, 0.29) is 5.91 Å². The molecule has 0 spiro atoms. The van der Waals surface area contributed by atoms with E-state index in [0.29, 0.717) is 32.1 Å². The van der Waals surface area contributed by atoms with Gasteiger partial charge in [0.2, 0.25) is 5.91 Å². The number of hydrogen-bond acceptors (Lipinski definition) is 4. The molecule has 2 atom stereocenters. The van der Waals surface area contributed by atoms with Crippen LogP contribution in [0, 0.1) is 5.92 Å². The van der Waals surface area contributed by atoms with Gasteiger partial charge in [-0.2, -0.15) is 0 Å². The summed E-state index contributed by atoms with van der Waals surface area (Å²) >= 11 is 0. The van der Waals surface area contributed by atoms with E-state index < -0.39 is 6.04 Å². The Kier molecular flexibility index (Phi) is 9.18. The van der Waals surface area contributed by atoms with Crippen LogP contribution in [0.25, 0.3) is 0 Å². The number of amides is 1. The summed E-state index contributed by atoms with van der Waals surface area (Å²) in [6.07, 6.45) is 1.46. The molecule has 96 valence electrons. The fourth-order valence-electron chi connectivity index (χ4n) is 1.33. The minimum Gasteiger partial charge on any atom is -0.385 e. The summed E-state index contributed by atoms with van der Waals surface area (Å²) in [5.74, 6) is 0.208. The molecule has 0 radical (unpaired) electrons. The SMILES string of the molecule is COCCCC(N)C(=O)NCC(C)COC. The molecule has 0 aliphatic rings. The van der Waals surface area contributed by atoms with Gasteiger partial charge in [0.1, 0.15) is 0 Å². The Labute approximate surface area is 97.7 Å². The normalized spacial score (nSPS) is 14.5. The van der Waals surface area contributed by atoms with Crippen molar-refractivity contribution in [3.63, 3.8) is 0 Å². The third-order valence-corrected chi connectivity index (χ3v) is 2.28. The lowest BCUT2D eigenvalue weighted by Gasteiger charge is -2.15. The van der Waals surface area contributed by atoms with Crippen molar-refractivity contribution >= 4 is 5.91 Å². The van der Waals surface area contributed by atoms with Crippen LogP contribution in [0.2, 0.25) is 0 Å². The third kappa shape index (κ3) is 7.62. The van der Waals surface area contributed by atoms with Gasteiger partial charge in [-0.15, -0.1) is 0 Å². The van der Waals surface area contributed by atoms with Crippen molar-refractivity contribution in [1.82, 2.24) is 5.32 Å². The summed E-state index contributed by atoms with van der Waals surface area (Å²) in [5.41, 5.74) is 5.72. The predicted octanol–water partition coefficient (Wildman–Crippen LogP) is 0.139. The summed E-state index contributed by atoms with van der Waals surface area (Å²) in [6.45, 7) is 3.89. The number of carbonyl (C=O) groups is 1. The molecule has 5 nitrogen and oxygen atoms in total. The fourth-order valence-corrected chi connectivity index (χ4v) is 1.33. The molecule has 0 aromatic carbocycles. The number of ether oxygens (including phenoxy) is 2. The molecule has 0 bridgehead atoms. The van der Waals surface area contributed by atoms with E-state index in [1.807, 2.05) is 6.92 Å². The standard InChI is InChI=1S/C11H24N2O3/c1-9(8-16-3)7-13-11(14)10(12)5-4-6-15-2/h9-10H,4-8,12H2,1-3H3,(H,13,14). The van der Waals surface area contributed by atoms with Gasteiger partial charge in [-0.05, 0) is 18.8 Å². The minimum absolute atomic E-state index is 0.0981. The maximum Gasteiger partial charge on any atom is 0.236 e. The van der Waals surface area contributed by atoms with Crippen LogP contribution in [0.5, 0.6) is 0 Å². The second-order valence-electron chi connectivity index (χ2n) is 4.05. The fraction of sp³-hybridized carbons (Fsp3) is 0.909. The summed E-state index contributed by atoms with van der Waals surface area (Å²) < 4.78 is 9.88. The van der Waals surface area contributed by atoms with E-state index in [1.54, 1.807) is 14.2 Å². The number of methoxy groups -OCH3 is 2. The Hall–Kier alpha value is -0.650. The van der Waals surface area contributed by atoms with Crippen LogP contribution >= 0.6 is 0 Å². The topological polar surface area (TPSA) is 73.6 Å². The van der Waals surface area contributed by atoms with E-state index in [2.05, 4.69) is 5.32 Å². The van der Waals surface area contributed by atoms with Crippen LogP contribution in [-0.4, -0.2) is 45.9 Å². The minimum atomic E-state index is -0.440. The van der Waals surface area contributed by atoms with Crippen molar-refractivity contribution in [3.8, 4) is 0 Å². The number of nitrogens with one attached hydrogen (secondary N) is 1. The molecule has 3 N–H and O–H groups in total. The lowest BCUT2D eigenvalue weighted by molar-refractivity contribution is -0.122. The van der Waals surface area contributed by atoms with Gasteiger partial charge in [0.15, 0.2) is 0 Å². The van der Waals surface area contributed by atoms with Gasteiger partial charge in [0.05, 0.1) is 12.6 Å². The van der Waals surface area contributed by atoms with Crippen LogP contribution in [0.3, 0.4) is 0 Å². The summed E-state index contributed by atoms with van der Waals surface area (Å²) in [4.78, 5) is 11.5. The summed E-state index contributed by atoms with van der Waals surface area (Å²) in [5, 5.41) is 2.81. The van der Waals surface area contributed by atoms with Gasteiger partial charge in [-0.1, -0.05) is 6.92 Å². The first-order valence-electron chi connectivity index (χ1n) is 5.63. The van der Waals surface area contributed by atoms with Crippen LogP contribution in [0.4, 0.5) is 0 Å². The van der Waals surface area contributed by atoms with Crippen molar-refractivity contribution in [1.29, 1.82) is 0 Å². The molecule has 0 fully saturated rings. The highest BCUT2D eigenvalue weighted by atomic mass is 16.5. The van der Waals surface area contributed by atoms with Crippen LogP contribution in [-0.2, 0) is 14.3 Å². The molecule has 2 unspecified atom stereocenters. The molecule has 0 saturated heterocycles. The molecule has 0 heterocycles. The van der Waals surface area contributed by atoms with Gasteiger partial charge in [0.25, 0.3) is 0 Å². The number of carbonyl (C=O) groups excluding carboxylic acids is 1. The van der Waals surface area contributed by atoms with Crippen molar-refractivity contribution in [2.24, 2.45) is 11.7 Å².